The van der Waals surface area contributed by atoms with Crippen LogP contribution >= 0.6 is 0 Å². The number of rotatable bonds is 8. The molecule has 0 bridgehead atoms. The maximum Gasteiger partial charge on any atom is 0.260 e. The number of phenolic OH excluding ortho intramolecular Hbond substituents is 1. The van der Waals surface area contributed by atoms with Gasteiger partial charge in [0.2, 0.25) is 10.0 Å². The largest absolute Gasteiger partial charge is 0.504 e. The highest BCUT2D eigenvalue weighted by Crippen LogP contribution is 2.29. The van der Waals surface area contributed by atoms with E-state index in [2.05, 4.69) is 10.5 Å². The summed E-state index contributed by atoms with van der Waals surface area (Å²) in [5.74, 6) is -0.231. The fraction of sp³-hybridized carbons (Fsp3) is 0.222. The lowest BCUT2D eigenvalue weighted by atomic mass is 10.2. The zero-order valence-corrected chi connectivity index (χ0v) is 16.4. The van der Waals surface area contributed by atoms with Crippen molar-refractivity contribution in [2.45, 2.75) is 0 Å². The summed E-state index contributed by atoms with van der Waals surface area (Å²) in [5, 5.41) is 13.7. The van der Waals surface area contributed by atoms with Crippen LogP contribution in [0, 0.1) is 0 Å². The SMILES string of the molecule is COc1ccccc1N(CC(=O)N/N=C\c1cccc(OC)c1O)S(C)(=O)=O. The Morgan fingerprint density at radius 1 is 1.14 bits per heavy atom. The first kappa shape index (κ1) is 21.0. The van der Waals surface area contributed by atoms with E-state index in [0.717, 1.165) is 10.6 Å². The van der Waals surface area contributed by atoms with Crippen molar-refractivity contribution in [2.24, 2.45) is 5.10 Å². The number of hydrazone groups is 1. The Labute approximate surface area is 163 Å². The molecular weight excluding hydrogens is 386 g/mol. The number of benzene rings is 2. The van der Waals surface area contributed by atoms with Crippen LogP contribution in [0.25, 0.3) is 0 Å². The van der Waals surface area contributed by atoms with Gasteiger partial charge in [-0.15, -0.1) is 0 Å². The molecule has 0 saturated carbocycles. The van der Waals surface area contributed by atoms with E-state index in [0.29, 0.717) is 11.3 Å². The number of hydrogen-bond donors (Lipinski definition) is 2. The van der Waals surface area contributed by atoms with Gasteiger partial charge in [-0.25, -0.2) is 13.8 Å². The lowest BCUT2D eigenvalue weighted by molar-refractivity contribution is -0.119. The van der Waals surface area contributed by atoms with Crippen LogP contribution in [-0.4, -0.2) is 52.7 Å². The number of methoxy groups -OCH3 is 2. The Balaban J connectivity index is 2.15. The molecule has 0 unspecified atom stereocenters. The van der Waals surface area contributed by atoms with E-state index in [1.165, 1.54) is 26.5 Å². The average molecular weight is 407 g/mol. The molecule has 0 aromatic heterocycles. The smallest absolute Gasteiger partial charge is 0.260 e. The molecule has 0 aliphatic carbocycles. The predicted molar refractivity (Wildman–Crippen MR) is 106 cm³/mol. The van der Waals surface area contributed by atoms with Crippen LogP contribution in [0.15, 0.2) is 47.6 Å². The number of phenols is 1. The van der Waals surface area contributed by atoms with Crippen molar-refractivity contribution in [1.29, 1.82) is 0 Å². The molecule has 2 aromatic rings. The van der Waals surface area contributed by atoms with Crippen LogP contribution < -0.4 is 19.2 Å². The van der Waals surface area contributed by atoms with Gasteiger partial charge in [0.05, 0.1) is 32.4 Å². The van der Waals surface area contributed by atoms with Crippen LogP contribution in [-0.2, 0) is 14.8 Å². The van der Waals surface area contributed by atoms with Gasteiger partial charge in [-0.3, -0.25) is 9.10 Å². The maximum atomic E-state index is 12.2. The number of nitrogens with zero attached hydrogens (tertiary/aromatic N) is 2. The molecule has 0 fully saturated rings. The molecule has 0 aliphatic rings. The molecule has 0 heterocycles. The Kier molecular flexibility index (Phi) is 6.83. The summed E-state index contributed by atoms with van der Waals surface area (Å²) in [6.45, 7) is -0.499. The van der Waals surface area contributed by atoms with Crippen LogP contribution in [0.4, 0.5) is 5.69 Å². The van der Waals surface area contributed by atoms with Gasteiger partial charge in [-0.05, 0) is 24.3 Å². The normalized spacial score (nSPS) is 11.2. The lowest BCUT2D eigenvalue weighted by Crippen LogP contribution is -2.39. The summed E-state index contributed by atoms with van der Waals surface area (Å²) < 4.78 is 35.4. The number of nitrogens with one attached hydrogen (secondary N) is 1. The molecule has 150 valence electrons. The van der Waals surface area contributed by atoms with Crippen molar-refractivity contribution < 1.29 is 27.8 Å². The number of carbonyl (C=O) groups excluding carboxylic acids is 1. The summed E-state index contributed by atoms with van der Waals surface area (Å²) in [6.07, 6.45) is 2.22. The number of anilines is 1. The topological polar surface area (TPSA) is 118 Å². The van der Waals surface area contributed by atoms with Crippen LogP contribution in [0.5, 0.6) is 17.2 Å². The highest BCUT2D eigenvalue weighted by Gasteiger charge is 2.23. The quantitative estimate of drug-likeness (QED) is 0.503. The summed E-state index contributed by atoms with van der Waals surface area (Å²) in [4.78, 5) is 12.2. The molecule has 2 N–H and O–H groups in total. The molecule has 0 saturated heterocycles. The van der Waals surface area contributed by atoms with Gasteiger partial charge in [-0.2, -0.15) is 5.10 Å². The Bertz CT molecular complexity index is 975. The minimum absolute atomic E-state index is 0.130. The van der Waals surface area contributed by atoms with E-state index >= 15 is 0 Å². The predicted octanol–water partition coefficient (Wildman–Crippen LogP) is 1.33. The number of para-hydroxylation sites is 3. The van der Waals surface area contributed by atoms with Crippen LogP contribution in [0.1, 0.15) is 5.56 Å². The molecule has 0 radical (unpaired) electrons. The molecule has 2 aromatic carbocycles. The summed E-state index contributed by atoms with van der Waals surface area (Å²) >= 11 is 0. The van der Waals surface area contributed by atoms with Gasteiger partial charge in [-0.1, -0.05) is 18.2 Å². The van der Waals surface area contributed by atoms with Crippen molar-refractivity contribution in [3.05, 3.63) is 48.0 Å². The third kappa shape index (κ3) is 5.13. The number of ether oxygens (including phenoxy) is 2. The lowest BCUT2D eigenvalue weighted by Gasteiger charge is -2.23. The maximum absolute atomic E-state index is 12.2. The first-order valence-electron chi connectivity index (χ1n) is 8.06. The molecule has 0 spiro atoms. The molecule has 1 amide bonds. The van der Waals surface area contributed by atoms with Crippen molar-refractivity contribution in [3.8, 4) is 17.2 Å². The van der Waals surface area contributed by atoms with E-state index in [1.807, 2.05) is 0 Å². The van der Waals surface area contributed by atoms with E-state index < -0.39 is 22.5 Å². The summed E-state index contributed by atoms with van der Waals surface area (Å²) in [5.41, 5.74) is 2.79. The second-order valence-corrected chi connectivity index (χ2v) is 7.54. The Morgan fingerprint density at radius 3 is 2.43 bits per heavy atom. The number of amides is 1. The molecule has 28 heavy (non-hydrogen) atoms. The molecular formula is C18H21N3O6S. The van der Waals surface area contributed by atoms with E-state index in [1.54, 1.807) is 36.4 Å². The van der Waals surface area contributed by atoms with Crippen molar-refractivity contribution in [3.63, 3.8) is 0 Å². The summed E-state index contributed by atoms with van der Waals surface area (Å²) in [6, 6.07) is 11.2. The average Bonchev–Trinajstić information content (AvgIpc) is 2.66. The van der Waals surface area contributed by atoms with E-state index in [-0.39, 0.29) is 17.2 Å². The summed E-state index contributed by atoms with van der Waals surface area (Å²) in [7, 11) is -0.935. The third-order valence-electron chi connectivity index (χ3n) is 3.68. The minimum Gasteiger partial charge on any atom is -0.504 e. The molecule has 10 heteroatoms. The van der Waals surface area contributed by atoms with Crippen LogP contribution in [0.2, 0.25) is 0 Å². The number of hydrogen-bond acceptors (Lipinski definition) is 7. The zero-order chi connectivity index (χ0) is 20.7. The monoisotopic (exact) mass is 407 g/mol. The van der Waals surface area contributed by atoms with E-state index in [4.69, 9.17) is 9.47 Å². The van der Waals surface area contributed by atoms with E-state index in [9.17, 15) is 18.3 Å². The fourth-order valence-corrected chi connectivity index (χ4v) is 3.22. The molecule has 0 atom stereocenters. The molecule has 9 nitrogen and oxygen atoms in total. The molecule has 0 aliphatic heterocycles. The second kappa shape index (κ2) is 9.09. The van der Waals surface area contributed by atoms with Gasteiger partial charge >= 0.3 is 0 Å². The molecule has 2 rings (SSSR count). The van der Waals surface area contributed by atoms with Gasteiger partial charge in [0.15, 0.2) is 11.5 Å². The van der Waals surface area contributed by atoms with Gasteiger partial charge in [0.1, 0.15) is 12.3 Å². The zero-order valence-electron chi connectivity index (χ0n) is 15.6. The Hall–Kier alpha value is -3.27. The fourth-order valence-electron chi connectivity index (χ4n) is 2.36. The van der Waals surface area contributed by atoms with Gasteiger partial charge < -0.3 is 14.6 Å². The van der Waals surface area contributed by atoms with Crippen LogP contribution in [0.3, 0.4) is 0 Å². The van der Waals surface area contributed by atoms with Crippen molar-refractivity contribution in [2.75, 3.05) is 31.3 Å². The van der Waals surface area contributed by atoms with Crippen molar-refractivity contribution in [1.82, 2.24) is 5.43 Å². The minimum atomic E-state index is -3.75. The van der Waals surface area contributed by atoms with Gasteiger partial charge in [0.25, 0.3) is 5.91 Å². The van der Waals surface area contributed by atoms with Crippen molar-refractivity contribution >= 4 is 27.8 Å². The first-order chi connectivity index (χ1) is 13.3. The second-order valence-electron chi connectivity index (χ2n) is 5.63. The highest BCUT2D eigenvalue weighted by molar-refractivity contribution is 7.92. The number of carbonyl (C=O) groups is 1. The van der Waals surface area contributed by atoms with Gasteiger partial charge in [0, 0.05) is 5.56 Å². The first-order valence-corrected chi connectivity index (χ1v) is 9.91. The Morgan fingerprint density at radius 2 is 1.79 bits per heavy atom. The number of sulfonamides is 1. The number of aromatic hydroxyl groups is 1. The standard InChI is InChI=1S/C18H21N3O6S/c1-26-15-9-5-4-8-14(15)21(28(3,24)25)12-17(22)20-19-11-13-7-6-10-16(27-2)18(13)23/h4-11,23H,12H2,1-3H3,(H,20,22)/b19-11-. The highest BCUT2D eigenvalue weighted by atomic mass is 32.2. The third-order valence-corrected chi connectivity index (χ3v) is 4.81.